The van der Waals surface area contributed by atoms with Gasteiger partial charge in [0.15, 0.2) is 0 Å². The molecule has 0 spiro atoms. The maximum atomic E-state index is 3.76. The topological polar surface area (TPSA) is 0 Å². The summed E-state index contributed by atoms with van der Waals surface area (Å²) in [6.45, 7) is 19.8. The van der Waals surface area contributed by atoms with Gasteiger partial charge in [-0.1, -0.05) is 71.9 Å². The fourth-order valence-corrected chi connectivity index (χ4v) is 1.55. The molecule has 0 radical (unpaired) electrons. The Morgan fingerprint density at radius 3 is 2.06 bits per heavy atom. The molecule has 17 heavy (non-hydrogen) atoms. The fraction of sp³-hybridized carbons (Fsp3) is 0.647. The Bertz CT molecular complexity index is 294. The molecule has 0 heterocycles. The second-order valence-corrected chi connectivity index (χ2v) is 6.43. The van der Waals surface area contributed by atoms with Crippen molar-refractivity contribution in [2.24, 2.45) is 17.3 Å². The summed E-state index contributed by atoms with van der Waals surface area (Å²) >= 11 is 0. The van der Waals surface area contributed by atoms with Crippen LogP contribution in [0.1, 0.15) is 54.9 Å². The molecular formula is C17H30. The monoisotopic (exact) mass is 234 g/mol. The van der Waals surface area contributed by atoms with Crippen LogP contribution in [0.25, 0.3) is 0 Å². The molecule has 0 rings (SSSR count). The van der Waals surface area contributed by atoms with Crippen LogP contribution >= 0.6 is 0 Å². The van der Waals surface area contributed by atoms with Crippen molar-refractivity contribution in [3.05, 3.63) is 36.0 Å². The highest BCUT2D eigenvalue weighted by Gasteiger charge is 2.21. The third-order valence-electron chi connectivity index (χ3n) is 3.81. The van der Waals surface area contributed by atoms with E-state index >= 15 is 0 Å². The van der Waals surface area contributed by atoms with Crippen molar-refractivity contribution in [3.8, 4) is 0 Å². The molecule has 0 aromatic heterocycles. The second-order valence-electron chi connectivity index (χ2n) is 6.43. The standard InChI is InChI=1S/C17H30/c1-9-10-11-16(15(5)13(2)3)12-14(4)17(6,7)8/h9-11,13-14H,1,12H2,2-8H3/b11-10-,16-15+. The molecule has 0 aromatic rings. The van der Waals surface area contributed by atoms with Gasteiger partial charge < -0.3 is 0 Å². The minimum Gasteiger partial charge on any atom is -0.0991 e. The number of hydrogen-bond donors (Lipinski definition) is 0. The van der Waals surface area contributed by atoms with Crippen molar-refractivity contribution in [1.29, 1.82) is 0 Å². The van der Waals surface area contributed by atoms with Gasteiger partial charge in [0.25, 0.3) is 0 Å². The molecule has 0 aliphatic carbocycles. The lowest BCUT2D eigenvalue weighted by Crippen LogP contribution is -2.18. The highest BCUT2D eigenvalue weighted by atomic mass is 14.3. The zero-order chi connectivity index (χ0) is 13.6. The summed E-state index contributed by atoms with van der Waals surface area (Å²) in [5.74, 6) is 1.30. The van der Waals surface area contributed by atoms with E-state index in [9.17, 15) is 0 Å². The molecule has 0 nitrogen and oxygen atoms in total. The largest absolute Gasteiger partial charge is 0.0991 e. The first-order chi connectivity index (χ1) is 7.70. The molecule has 0 saturated heterocycles. The van der Waals surface area contributed by atoms with Crippen molar-refractivity contribution in [2.45, 2.75) is 54.9 Å². The van der Waals surface area contributed by atoms with Crippen LogP contribution in [-0.4, -0.2) is 0 Å². The van der Waals surface area contributed by atoms with Crippen molar-refractivity contribution in [1.82, 2.24) is 0 Å². The summed E-state index contributed by atoms with van der Waals surface area (Å²) in [6.07, 6.45) is 7.29. The summed E-state index contributed by atoms with van der Waals surface area (Å²) in [5, 5.41) is 0. The first kappa shape index (κ1) is 16.2. The third kappa shape index (κ3) is 5.91. The van der Waals surface area contributed by atoms with E-state index in [0.717, 1.165) is 6.42 Å². The van der Waals surface area contributed by atoms with Crippen LogP contribution in [0, 0.1) is 17.3 Å². The van der Waals surface area contributed by atoms with Gasteiger partial charge in [-0.25, -0.2) is 0 Å². The maximum absolute atomic E-state index is 3.76. The van der Waals surface area contributed by atoms with Crippen LogP contribution in [0.3, 0.4) is 0 Å². The van der Waals surface area contributed by atoms with Crippen LogP contribution < -0.4 is 0 Å². The SMILES string of the molecule is C=C/C=C\C(CC(C)C(C)(C)C)=C(\C)C(C)C. The van der Waals surface area contributed by atoms with Gasteiger partial charge in [-0.3, -0.25) is 0 Å². The Kier molecular flexibility index (Phi) is 6.52. The highest BCUT2D eigenvalue weighted by molar-refractivity contribution is 5.28. The second kappa shape index (κ2) is 6.83. The predicted molar refractivity (Wildman–Crippen MR) is 80.1 cm³/mol. The summed E-state index contributed by atoms with van der Waals surface area (Å²) in [5.41, 5.74) is 3.34. The van der Waals surface area contributed by atoms with Gasteiger partial charge in [-0.2, -0.15) is 0 Å². The summed E-state index contributed by atoms with van der Waals surface area (Å²) < 4.78 is 0. The Hall–Kier alpha value is -0.780. The van der Waals surface area contributed by atoms with Crippen LogP contribution in [0.4, 0.5) is 0 Å². The number of hydrogen-bond acceptors (Lipinski definition) is 0. The Morgan fingerprint density at radius 2 is 1.71 bits per heavy atom. The minimum absolute atomic E-state index is 0.366. The van der Waals surface area contributed by atoms with Crippen molar-refractivity contribution in [2.75, 3.05) is 0 Å². The molecule has 1 atom stereocenters. The number of rotatable bonds is 5. The Labute approximate surface area is 109 Å². The van der Waals surface area contributed by atoms with Crippen LogP contribution in [0.5, 0.6) is 0 Å². The van der Waals surface area contributed by atoms with E-state index in [-0.39, 0.29) is 0 Å². The van der Waals surface area contributed by atoms with Gasteiger partial charge in [0.2, 0.25) is 0 Å². The molecule has 0 fully saturated rings. The lowest BCUT2D eigenvalue weighted by Gasteiger charge is -2.28. The number of allylic oxidation sites excluding steroid dienone is 5. The van der Waals surface area contributed by atoms with Gasteiger partial charge in [0.1, 0.15) is 0 Å². The van der Waals surface area contributed by atoms with Gasteiger partial charge in [-0.15, -0.1) is 0 Å². The molecule has 0 aliphatic rings. The van der Waals surface area contributed by atoms with E-state index in [2.05, 4.69) is 67.2 Å². The van der Waals surface area contributed by atoms with Gasteiger partial charge in [0.05, 0.1) is 0 Å². The molecule has 0 aliphatic heterocycles. The molecule has 0 saturated carbocycles. The van der Waals surface area contributed by atoms with E-state index in [4.69, 9.17) is 0 Å². The van der Waals surface area contributed by atoms with Crippen LogP contribution in [-0.2, 0) is 0 Å². The summed E-state index contributed by atoms with van der Waals surface area (Å²) in [6, 6.07) is 0. The first-order valence-electron chi connectivity index (χ1n) is 6.68. The van der Waals surface area contributed by atoms with Gasteiger partial charge >= 0.3 is 0 Å². The van der Waals surface area contributed by atoms with Crippen molar-refractivity contribution >= 4 is 0 Å². The van der Waals surface area contributed by atoms with E-state index < -0.39 is 0 Å². The van der Waals surface area contributed by atoms with E-state index in [1.807, 2.05) is 6.08 Å². The van der Waals surface area contributed by atoms with Crippen molar-refractivity contribution in [3.63, 3.8) is 0 Å². The molecule has 0 amide bonds. The Balaban J connectivity index is 5.04. The Morgan fingerprint density at radius 1 is 1.18 bits per heavy atom. The first-order valence-corrected chi connectivity index (χ1v) is 6.68. The van der Waals surface area contributed by atoms with E-state index in [1.165, 1.54) is 11.1 Å². The van der Waals surface area contributed by atoms with Crippen molar-refractivity contribution < 1.29 is 0 Å². The average Bonchev–Trinajstić information content (AvgIpc) is 2.21. The summed E-state index contributed by atoms with van der Waals surface area (Å²) in [7, 11) is 0. The molecule has 0 N–H and O–H groups in total. The fourth-order valence-electron chi connectivity index (χ4n) is 1.55. The molecule has 1 unspecified atom stereocenters. The van der Waals surface area contributed by atoms with E-state index in [0.29, 0.717) is 17.3 Å². The molecule has 0 heteroatoms. The van der Waals surface area contributed by atoms with Gasteiger partial charge in [-0.05, 0) is 36.2 Å². The predicted octanol–water partition coefficient (Wildman–Crippen LogP) is 5.77. The quantitative estimate of drug-likeness (QED) is 0.529. The normalized spacial score (nSPS) is 16.2. The lowest BCUT2D eigenvalue weighted by atomic mass is 9.77. The molecular weight excluding hydrogens is 204 g/mol. The third-order valence-corrected chi connectivity index (χ3v) is 3.81. The molecule has 98 valence electrons. The average molecular weight is 234 g/mol. The van der Waals surface area contributed by atoms with Gasteiger partial charge in [0, 0.05) is 0 Å². The lowest BCUT2D eigenvalue weighted by molar-refractivity contribution is 0.260. The van der Waals surface area contributed by atoms with E-state index in [1.54, 1.807) is 0 Å². The zero-order valence-corrected chi connectivity index (χ0v) is 12.8. The highest BCUT2D eigenvalue weighted by Crippen LogP contribution is 2.32. The molecule has 0 aromatic carbocycles. The molecule has 0 bridgehead atoms. The zero-order valence-electron chi connectivity index (χ0n) is 12.8. The minimum atomic E-state index is 0.366. The van der Waals surface area contributed by atoms with Crippen LogP contribution in [0.2, 0.25) is 0 Å². The maximum Gasteiger partial charge on any atom is -0.0248 e. The summed E-state index contributed by atoms with van der Waals surface area (Å²) in [4.78, 5) is 0. The smallest absolute Gasteiger partial charge is 0.0248 e. The van der Waals surface area contributed by atoms with Crippen LogP contribution in [0.15, 0.2) is 36.0 Å².